The fraction of sp³-hybridized carbons (Fsp3) is 0.160. The van der Waals surface area contributed by atoms with Crippen molar-refractivity contribution in [2.45, 2.75) is 19.0 Å². The summed E-state index contributed by atoms with van der Waals surface area (Å²) >= 11 is 0. The van der Waals surface area contributed by atoms with Gasteiger partial charge in [0.15, 0.2) is 0 Å². The molecule has 0 heterocycles. The monoisotopic (exact) mass is 467 g/mol. The van der Waals surface area contributed by atoms with E-state index in [1.807, 2.05) is 30.3 Å². The van der Waals surface area contributed by atoms with Gasteiger partial charge in [-0.3, -0.25) is 9.59 Å². The summed E-state index contributed by atoms with van der Waals surface area (Å²) in [7, 11) is 0. The van der Waals surface area contributed by atoms with Gasteiger partial charge in [0.05, 0.1) is 11.8 Å². The first-order valence-corrected chi connectivity index (χ1v) is 10.1. The van der Waals surface area contributed by atoms with Crippen molar-refractivity contribution in [3.8, 4) is 18.1 Å². The molecule has 0 unspecified atom stereocenters. The number of fused-ring (bicyclic) bond motifs is 1. The Morgan fingerprint density at radius 1 is 1.03 bits per heavy atom. The molecule has 0 saturated carbocycles. The number of halogens is 3. The maximum Gasteiger partial charge on any atom is 0.416 e. The van der Waals surface area contributed by atoms with Crippen LogP contribution in [0.2, 0.25) is 0 Å². The van der Waals surface area contributed by atoms with E-state index in [-0.39, 0.29) is 25.1 Å². The van der Waals surface area contributed by atoms with Gasteiger partial charge >= 0.3 is 6.18 Å². The quantitative estimate of drug-likeness (QED) is 0.285. The molecule has 3 aromatic carbocycles. The average Bonchev–Trinajstić information content (AvgIpc) is 2.81. The lowest BCUT2D eigenvalue weighted by atomic mass is 10.0. The predicted molar refractivity (Wildman–Crippen MR) is 123 cm³/mol. The number of benzene rings is 3. The molecule has 174 valence electrons. The molecule has 3 aromatic rings. The maximum absolute atomic E-state index is 12.8. The predicted octanol–water partition coefficient (Wildman–Crippen LogP) is 4.74. The molecule has 6 nitrogen and oxygen atoms in total. The minimum absolute atomic E-state index is 0.00583. The summed E-state index contributed by atoms with van der Waals surface area (Å²) < 4.78 is 43.9. The molecule has 2 N–H and O–H groups in total. The number of alkyl halides is 3. The zero-order valence-electron chi connectivity index (χ0n) is 17.9. The van der Waals surface area contributed by atoms with Crippen LogP contribution in [0, 0.1) is 12.3 Å². The van der Waals surface area contributed by atoms with Crippen molar-refractivity contribution in [3.63, 3.8) is 0 Å². The Labute approximate surface area is 193 Å². The molecule has 3 rings (SSSR count). The smallest absolute Gasteiger partial charge is 0.416 e. The van der Waals surface area contributed by atoms with Gasteiger partial charge in [0.1, 0.15) is 12.4 Å². The van der Waals surface area contributed by atoms with Crippen LogP contribution in [0.15, 0.2) is 65.8 Å². The van der Waals surface area contributed by atoms with Crippen LogP contribution in [0.5, 0.6) is 5.75 Å². The third kappa shape index (κ3) is 6.59. The van der Waals surface area contributed by atoms with Crippen LogP contribution in [0.3, 0.4) is 0 Å². The summed E-state index contributed by atoms with van der Waals surface area (Å²) in [6, 6.07) is 15.4. The highest BCUT2D eigenvalue weighted by atomic mass is 19.4. The van der Waals surface area contributed by atoms with Crippen molar-refractivity contribution in [2.75, 3.05) is 11.9 Å². The molecule has 0 aliphatic heterocycles. The number of rotatable bonds is 8. The first-order valence-electron chi connectivity index (χ1n) is 10.1. The molecular weight excluding hydrogens is 447 g/mol. The van der Waals surface area contributed by atoms with E-state index < -0.39 is 23.6 Å². The van der Waals surface area contributed by atoms with Gasteiger partial charge in [-0.25, -0.2) is 5.43 Å². The lowest BCUT2D eigenvalue weighted by Crippen LogP contribution is -2.21. The molecule has 0 aliphatic rings. The topological polar surface area (TPSA) is 79.8 Å². The summed E-state index contributed by atoms with van der Waals surface area (Å²) in [5.41, 5.74) is 2.07. The molecule has 0 bridgehead atoms. The number of hydrogen-bond donors (Lipinski definition) is 2. The first kappa shape index (κ1) is 24.3. The number of hydrazone groups is 1. The summed E-state index contributed by atoms with van der Waals surface area (Å²) in [4.78, 5) is 24.1. The van der Waals surface area contributed by atoms with E-state index in [1.54, 1.807) is 6.07 Å². The fourth-order valence-corrected chi connectivity index (χ4v) is 3.10. The molecule has 0 saturated heterocycles. The van der Waals surface area contributed by atoms with E-state index in [4.69, 9.17) is 11.2 Å². The van der Waals surface area contributed by atoms with Crippen molar-refractivity contribution in [2.24, 2.45) is 5.10 Å². The highest BCUT2D eigenvalue weighted by Crippen LogP contribution is 2.30. The highest BCUT2D eigenvalue weighted by Gasteiger charge is 2.30. The minimum Gasteiger partial charge on any atom is -0.480 e. The molecule has 0 atom stereocenters. The standard InChI is InChI=1S/C25H20F3N3O3/c1-2-14-34-22-11-10-17-6-3-4-9-20(17)21(22)16-29-31-24(33)13-12-23(32)30-19-8-5-7-18(15-19)25(26,27)28/h1,3-11,15-16H,12-14H2,(H,30,32)(H,31,33). The van der Waals surface area contributed by atoms with Crippen LogP contribution >= 0.6 is 0 Å². The second kappa shape index (κ2) is 11.0. The number of terminal acetylenes is 1. The molecule has 0 aliphatic carbocycles. The number of nitrogens with zero attached hydrogens (tertiary/aromatic N) is 1. The van der Waals surface area contributed by atoms with Gasteiger partial charge in [-0.2, -0.15) is 18.3 Å². The number of carbonyl (C=O) groups is 2. The van der Waals surface area contributed by atoms with E-state index in [1.165, 1.54) is 18.3 Å². The van der Waals surface area contributed by atoms with E-state index in [9.17, 15) is 22.8 Å². The van der Waals surface area contributed by atoms with Gasteiger partial charge in [0, 0.05) is 24.1 Å². The number of anilines is 1. The highest BCUT2D eigenvalue weighted by molar-refractivity contribution is 6.02. The maximum atomic E-state index is 12.8. The SMILES string of the molecule is C#CCOc1ccc2ccccc2c1C=NNC(=O)CCC(=O)Nc1cccc(C(F)(F)F)c1. The molecule has 0 spiro atoms. The number of hydrogen-bond acceptors (Lipinski definition) is 4. The number of carbonyl (C=O) groups excluding carboxylic acids is 2. The van der Waals surface area contributed by atoms with Crippen LogP contribution in [-0.2, 0) is 15.8 Å². The number of ether oxygens (including phenoxy) is 1. The third-order valence-electron chi connectivity index (χ3n) is 4.68. The Hall–Kier alpha value is -4.32. The molecule has 0 aromatic heterocycles. The summed E-state index contributed by atoms with van der Waals surface area (Å²) in [6.45, 7) is 0.0620. The van der Waals surface area contributed by atoms with Crippen LogP contribution < -0.4 is 15.5 Å². The Bertz CT molecular complexity index is 1260. The van der Waals surface area contributed by atoms with Crippen molar-refractivity contribution >= 4 is 34.5 Å². The zero-order valence-corrected chi connectivity index (χ0v) is 17.9. The van der Waals surface area contributed by atoms with E-state index >= 15 is 0 Å². The van der Waals surface area contributed by atoms with E-state index in [2.05, 4.69) is 21.8 Å². The Balaban J connectivity index is 1.58. The van der Waals surface area contributed by atoms with Gasteiger partial charge < -0.3 is 10.1 Å². The minimum atomic E-state index is -4.52. The van der Waals surface area contributed by atoms with Crippen molar-refractivity contribution in [1.29, 1.82) is 0 Å². The Morgan fingerprint density at radius 2 is 1.79 bits per heavy atom. The Kier molecular flexibility index (Phi) is 7.88. The van der Waals surface area contributed by atoms with Crippen molar-refractivity contribution in [1.82, 2.24) is 5.43 Å². The summed E-state index contributed by atoms with van der Waals surface area (Å²) in [5, 5.41) is 8.08. The fourth-order valence-electron chi connectivity index (χ4n) is 3.10. The van der Waals surface area contributed by atoms with E-state index in [0.29, 0.717) is 11.3 Å². The van der Waals surface area contributed by atoms with Gasteiger partial charge in [-0.15, -0.1) is 6.42 Å². The second-order valence-corrected chi connectivity index (χ2v) is 7.11. The third-order valence-corrected chi connectivity index (χ3v) is 4.68. The zero-order chi connectivity index (χ0) is 24.6. The molecule has 0 fully saturated rings. The van der Waals surface area contributed by atoms with Crippen molar-refractivity contribution < 1.29 is 27.5 Å². The van der Waals surface area contributed by atoms with Crippen molar-refractivity contribution in [3.05, 3.63) is 71.8 Å². The van der Waals surface area contributed by atoms with Crippen LogP contribution in [-0.4, -0.2) is 24.6 Å². The summed E-state index contributed by atoms with van der Waals surface area (Å²) in [6.07, 6.45) is 1.73. The molecule has 0 radical (unpaired) electrons. The largest absolute Gasteiger partial charge is 0.480 e. The van der Waals surface area contributed by atoms with Crippen LogP contribution in [0.4, 0.5) is 18.9 Å². The summed E-state index contributed by atoms with van der Waals surface area (Å²) in [5.74, 6) is 1.75. The number of amides is 2. The normalized spacial score (nSPS) is 11.2. The molecule has 34 heavy (non-hydrogen) atoms. The molecule has 9 heteroatoms. The van der Waals surface area contributed by atoms with Crippen LogP contribution in [0.1, 0.15) is 24.0 Å². The molecule has 2 amide bonds. The molecular formula is C25H20F3N3O3. The Morgan fingerprint density at radius 3 is 2.56 bits per heavy atom. The second-order valence-electron chi connectivity index (χ2n) is 7.11. The lowest BCUT2D eigenvalue weighted by molar-refractivity contribution is -0.137. The van der Waals surface area contributed by atoms with Gasteiger partial charge in [-0.05, 0) is 35.0 Å². The van der Waals surface area contributed by atoms with Gasteiger partial charge in [0.2, 0.25) is 11.8 Å². The first-order chi connectivity index (χ1) is 16.3. The number of nitrogens with one attached hydrogen (secondary N) is 2. The lowest BCUT2D eigenvalue weighted by Gasteiger charge is -2.10. The van der Waals surface area contributed by atoms with Crippen LogP contribution in [0.25, 0.3) is 10.8 Å². The van der Waals surface area contributed by atoms with Gasteiger partial charge in [-0.1, -0.05) is 42.3 Å². The van der Waals surface area contributed by atoms with Gasteiger partial charge in [0.25, 0.3) is 0 Å². The van der Waals surface area contributed by atoms with E-state index in [0.717, 1.165) is 22.9 Å². The average molecular weight is 467 g/mol.